The van der Waals surface area contributed by atoms with Crippen LogP contribution in [-0.2, 0) is 23.9 Å². The molecule has 39 heavy (non-hydrogen) atoms. The van der Waals surface area contributed by atoms with Crippen LogP contribution in [0, 0.1) is 11.3 Å². The number of piperidine rings is 2. The fraction of sp³-hybridized carbons (Fsp3) is 0.862. The summed E-state index contributed by atoms with van der Waals surface area (Å²) in [5, 5.41) is 3.09. The molecule has 0 saturated carbocycles. The SMILES string of the molecule is COC(=O)[C@@H]1CCCCN1C(=O)CN(C)C[C@H](C(C)C)N(C)C(=O)[C@@H](NC(=O)[C@H]1CCCCN1C)C(C)(C)C. The van der Waals surface area contributed by atoms with E-state index >= 15 is 0 Å². The summed E-state index contributed by atoms with van der Waals surface area (Å²) in [6.07, 6.45) is 5.26. The summed E-state index contributed by atoms with van der Waals surface area (Å²) in [6, 6.07) is -1.60. The predicted molar refractivity (Wildman–Crippen MR) is 152 cm³/mol. The van der Waals surface area contributed by atoms with Crippen molar-refractivity contribution in [2.24, 2.45) is 11.3 Å². The smallest absolute Gasteiger partial charge is 0.328 e. The van der Waals surface area contributed by atoms with E-state index in [4.69, 9.17) is 4.74 Å². The van der Waals surface area contributed by atoms with E-state index in [1.165, 1.54) is 7.11 Å². The molecule has 10 heteroatoms. The number of esters is 1. The number of hydrogen-bond donors (Lipinski definition) is 1. The van der Waals surface area contributed by atoms with Crippen LogP contribution in [-0.4, -0.2) is 122 Å². The lowest BCUT2D eigenvalue weighted by Gasteiger charge is -2.41. The second-order valence-corrected chi connectivity index (χ2v) is 12.9. The Balaban J connectivity index is 2.11. The summed E-state index contributed by atoms with van der Waals surface area (Å²) < 4.78 is 4.93. The topological polar surface area (TPSA) is 102 Å². The van der Waals surface area contributed by atoms with Gasteiger partial charge in [-0.2, -0.15) is 0 Å². The molecule has 2 aliphatic rings. The fourth-order valence-corrected chi connectivity index (χ4v) is 5.76. The molecule has 0 aliphatic carbocycles. The van der Waals surface area contributed by atoms with Crippen molar-refractivity contribution in [3.05, 3.63) is 0 Å². The molecule has 3 amide bonds. The van der Waals surface area contributed by atoms with Crippen LogP contribution in [0.15, 0.2) is 0 Å². The van der Waals surface area contributed by atoms with Gasteiger partial charge in [0.05, 0.1) is 19.7 Å². The quantitative estimate of drug-likeness (QED) is 0.414. The molecule has 2 saturated heterocycles. The summed E-state index contributed by atoms with van der Waals surface area (Å²) in [7, 11) is 6.97. The third-order valence-corrected chi connectivity index (χ3v) is 8.29. The first kappa shape index (κ1) is 33.0. The number of amides is 3. The minimum atomic E-state index is -0.673. The largest absolute Gasteiger partial charge is 0.467 e. The lowest BCUT2D eigenvalue weighted by Crippen LogP contribution is -2.60. The molecule has 0 aromatic rings. The highest BCUT2D eigenvalue weighted by atomic mass is 16.5. The molecule has 0 bridgehead atoms. The Morgan fingerprint density at radius 2 is 1.56 bits per heavy atom. The average Bonchev–Trinajstić information content (AvgIpc) is 2.88. The van der Waals surface area contributed by atoms with Gasteiger partial charge in [0.2, 0.25) is 17.7 Å². The number of nitrogens with one attached hydrogen (secondary N) is 1. The number of carbonyl (C=O) groups excluding carboxylic acids is 4. The van der Waals surface area contributed by atoms with Gasteiger partial charge in [0.15, 0.2) is 0 Å². The predicted octanol–water partition coefficient (Wildman–Crippen LogP) is 1.97. The molecule has 4 atom stereocenters. The lowest BCUT2D eigenvalue weighted by molar-refractivity contribution is -0.155. The van der Waals surface area contributed by atoms with Crippen LogP contribution in [0.5, 0.6) is 0 Å². The van der Waals surface area contributed by atoms with Gasteiger partial charge in [-0.05, 0) is 64.1 Å². The highest BCUT2D eigenvalue weighted by Gasteiger charge is 2.40. The number of methoxy groups -OCH3 is 1. The normalized spacial score (nSPS) is 22.4. The maximum Gasteiger partial charge on any atom is 0.328 e. The van der Waals surface area contributed by atoms with Crippen LogP contribution in [0.2, 0.25) is 0 Å². The minimum Gasteiger partial charge on any atom is -0.467 e. The summed E-state index contributed by atoms with van der Waals surface area (Å²) in [5.74, 6) is -0.583. The van der Waals surface area contributed by atoms with Gasteiger partial charge in [-0.25, -0.2) is 4.79 Å². The number of hydrogen-bond acceptors (Lipinski definition) is 7. The third kappa shape index (κ3) is 8.90. The Bertz CT molecular complexity index is 857. The van der Waals surface area contributed by atoms with Crippen LogP contribution < -0.4 is 5.32 Å². The molecule has 2 rings (SSSR count). The molecule has 0 spiro atoms. The van der Waals surface area contributed by atoms with E-state index in [1.54, 1.807) is 16.8 Å². The highest BCUT2D eigenvalue weighted by Crippen LogP contribution is 2.25. The lowest BCUT2D eigenvalue weighted by atomic mass is 9.84. The van der Waals surface area contributed by atoms with Gasteiger partial charge in [-0.3, -0.25) is 24.2 Å². The number of likely N-dealkylation sites (tertiary alicyclic amines) is 2. The van der Waals surface area contributed by atoms with Crippen LogP contribution in [0.25, 0.3) is 0 Å². The minimum absolute atomic E-state index is 0.0932. The number of carbonyl (C=O) groups is 4. The van der Waals surface area contributed by atoms with Crippen molar-refractivity contribution in [2.75, 3.05) is 54.4 Å². The maximum atomic E-state index is 13.9. The molecule has 2 fully saturated rings. The summed E-state index contributed by atoms with van der Waals surface area (Å²) in [5.41, 5.74) is -0.477. The third-order valence-electron chi connectivity index (χ3n) is 8.29. The van der Waals surface area contributed by atoms with Crippen LogP contribution >= 0.6 is 0 Å². The molecule has 10 nitrogen and oxygen atoms in total. The van der Waals surface area contributed by atoms with Gasteiger partial charge in [0.1, 0.15) is 12.1 Å². The van der Waals surface area contributed by atoms with Crippen molar-refractivity contribution in [1.82, 2.24) is 24.9 Å². The monoisotopic (exact) mass is 551 g/mol. The van der Waals surface area contributed by atoms with Crippen molar-refractivity contribution in [1.29, 1.82) is 0 Å². The van der Waals surface area contributed by atoms with Gasteiger partial charge in [0, 0.05) is 26.2 Å². The van der Waals surface area contributed by atoms with Crippen LogP contribution in [0.1, 0.15) is 73.1 Å². The maximum absolute atomic E-state index is 13.9. The van der Waals surface area contributed by atoms with Gasteiger partial charge in [-0.15, -0.1) is 0 Å². The molecule has 0 unspecified atom stereocenters. The van der Waals surface area contributed by atoms with E-state index in [2.05, 4.69) is 24.1 Å². The fourth-order valence-electron chi connectivity index (χ4n) is 5.76. The Morgan fingerprint density at radius 1 is 0.974 bits per heavy atom. The molecular formula is C29H53N5O5. The second-order valence-electron chi connectivity index (χ2n) is 12.9. The van der Waals surface area contributed by atoms with Crippen molar-refractivity contribution >= 4 is 23.7 Å². The van der Waals surface area contributed by atoms with Crippen molar-refractivity contribution < 1.29 is 23.9 Å². The number of rotatable bonds is 10. The molecule has 0 aromatic carbocycles. The molecule has 2 heterocycles. The van der Waals surface area contributed by atoms with Gasteiger partial charge in [-0.1, -0.05) is 41.0 Å². The number of likely N-dealkylation sites (N-methyl/N-ethyl adjacent to an activating group) is 3. The van der Waals surface area contributed by atoms with E-state index < -0.39 is 17.5 Å². The molecule has 0 aromatic heterocycles. The molecular weight excluding hydrogens is 498 g/mol. The van der Waals surface area contributed by atoms with Crippen molar-refractivity contribution in [3.8, 4) is 0 Å². The molecule has 1 N–H and O–H groups in total. The Hall–Kier alpha value is -2.20. The van der Waals surface area contributed by atoms with Crippen molar-refractivity contribution in [2.45, 2.75) is 97.3 Å². The van der Waals surface area contributed by atoms with Crippen LogP contribution in [0.3, 0.4) is 0 Å². The molecule has 2 aliphatic heterocycles. The van der Waals surface area contributed by atoms with E-state index in [0.717, 1.165) is 38.6 Å². The Kier molecular flexibility index (Phi) is 12.2. The standard InChI is InChI=1S/C29H53N5O5/c1-20(2)23(18-31(6)19-24(35)34-17-13-11-15-22(34)28(38)39-9)33(8)27(37)25(29(3,4)5)30-26(36)21-14-10-12-16-32(21)7/h20-23,25H,10-19H2,1-9H3,(H,30,36)/t21-,22+,23-,25-/m1/s1. The number of nitrogens with zero attached hydrogens (tertiary/aromatic N) is 4. The van der Waals surface area contributed by atoms with E-state index in [1.807, 2.05) is 39.8 Å². The first-order valence-corrected chi connectivity index (χ1v) is 14.5. The Labute approximate surface area is 235 Å². The van der Waals surface area contributed by atoms with Gasteiger partial charge >= 0.3 is 5.97 Å². The van der Waals surface area contributed by atoms with Gasteiger partial charge < -0.3 is 19.9 Å². The zero-order valence-electron chi connectivity index (χ0n) is 25.8. The first-order valence-electron chi connectivity index (χ1n) is 14.5. The van der Waals surface area contributed by atoms with Crippen molar-refractivity contribution in [3.63, 3.8) is 0 Å². The number of ether oxygens (including phenoxy) is 1. The molecule has 224 valence electrons. The summed E-state index contributed by atoms with van der Waals surface area (Å²) in [6.45, 7) is 12.1. The first-order chi connectivity index (χ1) is 18.2. The average molecular weight is 552 g/mol. The zero-order valence-corrected chi connectivity index (χ0v) is 25.8. The van der Waals surface area contributed by atoms with E-state index in [-0.39, 0.29) is 48.2 Å². The summed E-state index contributed by atoms with van der Waals surface area (Å²) in [4.78, 5) is 59.9. The van der Waals surface area contributed by atoms with Crippen LogP contribution in [0.4, 0.5) is 0 Å². The van der Waals surface area contributed by atoms with E-state index in [0.29, 0.717) is 19.5 Å². The summed E-state index contributed by atoms with van der Waals surface area (Å²) >= 11 is 0. The highest BCUT2D eigenvalue weighted by molar-refractivity contribution is 5.90. The zero-order chi connectivity index (χ0) is 29.5. The van der Waals surface area contributed by atoms with Gasteiger partial charge in [0.25, 0.3) is 0 Å². The Morgan fingerprint density at radius 3 is 2.10 bits per heavy atom. The van der Waals surface area contributed by atoms with E-state index in [9.17, 15) is 19.2 Å². The second kappa shape index (κ2) is 14.4. The molecule has 0 radical (unpaired) electrons.